The minimum atomic E-state index is -0.0490. The molecule has 134 valence electrons. The summed E-state index contributed by atoms with van der Waals surface area (Å²) >= 11 is 0. The molecule has 25 heavy (non-hydrogen) atoms. The zero-order valence-electron chi connectivity index (χ0n) is 14.5. The monoisotopic (exact) mass is 344 g/mol. The summed E-state index contributed by atoms with van der Waals surface area (Å²) in [5.74, 6) is 1.41. The normalized spacial score (nSPS) is 19.7. The number of aromatic nitrogens is 1. The molecular formula is C19H24N2O4. The van der Waals surface area contributed by atoms with Crippen molar-refractivity contribution in [2.24, 2.45) is 0 Å². The summed E-state index contributed by atoms with van der Waals surface area (Å²) in [7, 11) is 2.05. The van der Waals surface area contributed by atoms with Crippen molar-refractivity contribution in [2.75, 3.05) is 27.0 Å². The fraction of sp³-hybridized carbons (Fsp3) is 0.526. The molecule has 6 heteroatoms. The number of benzene rings is 1. The molecule has 1 N–H and O–H groups in total. The van der Waals surface area contributed by atoms with Gasteiger partial charge in [0.25, 0.3) is 5.56 Å². The van der Waals surface area contributed by atoms with Crippen LogP contribution in [0.15, 0.2) is 23.0 Å². The number of hydrogen-bond acceptors (Lipinski definition) is 5. The van der Waals surface area contributed by atoms with Crippen LogP contribution in [0, 0.1) is 0 Å². The Morgan fingerprint density at radius 2 is 2.04 bits per heavy atom. The zero-order chi connectivity index (χ0) is 17.2. The van der Waals surface area contributed by atoms with Crippen LogP contribution in [0.4, 0.5) is 0 Å². The fourth-order valence-electron chi connectivity index (χ4n) is 3.53. The van der Waals surface area contributed by atoms with E-state index < -0.39 is 0 Å². The van der Waals surface area contributed by atoms with E-state index in [9.17, 15) is 4.79 Å². The first kappa shape index (κ1) is 16.4. The quantitative estimate of drug-likeness (QED) is 0.903. The molecule has 1 atom stereocenters. The van der Waals surface area contributed by atoms with Crippen molar-refractivity contribution < 1.29 is 14.2 Å². The molecule has 0 saturated carbocycles. The average Bonchev–Trinajstić information content (AvgIpc) is 3.07. The highest BCUT2D eigenvalue weighted by atomic mass is 16.7. The first-order chi connectivity index (χ1) is 12.2. The van der Waals surface area contributed by atoms with Crippen molar-refractivity contribution >= 4 is 10.9 Å². The van der Waals surface area contributed by atoms with Crippen LogP contribution in [0.1, 0.15) is 31.2 Å². The van der Waals surface area contributed by atoms with Crippen LogP contribution in [-0.4, -0.2) is 43.0 Å². The summed E-state index contributed by atoms with van der Waals surface area (Å²) in [5.41, 5.74) is 1.49. The van der Waals surface area contributed by atoms with Gasteiger partial charge in [-0.1, -0.05) is 0 Å². The third-order valence-electron chi connectivity index (χ3n) is 4.96. The SMILES string of the molecule is CN(CCC1CCCCO1)Cc1cc2cc3c(cc2[nH]c1=O)OCO3. The average molecular weight is 344 g/mol. The Labute approximate surface area is 146 Å². The number of fused-ring (bicyclic) bond motifs is 2. The van der Waals surface area contributed by atoms with Crippen LogP contribution < -0.4 is 15.0 Å². The van der Waals surface area contributed by atoms with Gasteiger partial charge in [0.1, 0.15) is 0 Å². The Hall–Kier alpha value is -2.05. The number of pyridine rings is 1. The van der Waals surface area contributed by atoms with Gasteiger partial charge in [-0.3, -0.25) is 4.79 Å². The minimum Gasteiger partial charge on any atom is -0.454 e. The van der Waals surface area contributed by atoms with Crippen molar-refractivity contribution in [3.8, 4) is 11.5 Å². The van der Waals surface area contributed by atoms with Crippen molar-refractivity contribution in [1.82, 2.24) is 9.88 Å². The van der Waals surface area contributed by atoms with Gasteiger partial charge >= 0.3 is 0 Å². The highest BCUT2D eigenvalue weighted by Gasteiger charge is 2.17. The second-order valence-corrected chi connectivity index (χ2v) is 6.93. The molecule has 3 heterocycles. The number of nitrogens with zero attached hydrogens (tertiary/aromatic N) is 1. The number of hydrogen-bond donors (Lipinski definition) is 1. The number of ether oxygens (including phenoxy) is 3. The molecule has 4 rings (SSSR count). The van der Waals surface area contributed by atoms with E-state index in [0.29, 0.717) is 18.4 Å². The van der Waals surface area contributed by atoms with Gasteiger partial charge in [0.05, 0.1) is 11.6 Å². The van der Waals surface area contributed by atoms with E-state index in [1.807, 2.05) is 25.2 Å². The molecule has 2 aliphatic rings. The number of rotatable bonds is 5. The van der Waals surface area contributed by atoms with Gasteiger partial charge in [-0.25, -0.2) is 0 Å². The topological polar surface area (TPSA) is 63.8 Å². The van der Waals surface area contributed by atoms with Crippen molar-refractivity contribution in [1.29, 1.82) is 0 Å². The molecule has 0 bridgehead atoms. The molecule has 2 aromatic rings. The molecule has 2 aliphatic heterocycles. The fourth-order valence-corrected chi connectivity index (χ4v) is 3.53. The highest BCUT2D eigenvalue weighted by molar-refractivity contribution is 5.83. The van der Waals surface area contributed by atoms with Gasteiger partial charge in [-0.15, -0.1) is 0 Å². The van der Waals surface area contributed by atoms with E-state index in [4.69, 9.17) is 14.2 Å². The third-order valence-corrected chi connectivity index (χ3v) is 4.96. The van der Waals surface area contributed by atoms with Gasteiger partial charge in [0.15, 0.2) is 11.5 Å². The smallest absolute Gasteiger partial charge is 0.252 e. The van der Waals surface area contributed by atoms with Gasteiger partial charge in [-0.05, 0) is 44.9 Å². The largest absolute Gasteiger partial charge is 0.454 e. The number of aromatic amines is 1. The van der Waals surface area contributed by atoms with E-state index in [0.717, 1.165) is 48.2 Å². The minimum absolute atomic E-state index is 0.0490. The molecule has 1 fully saturated rings. The first-order valence-corrected chi connectivity index (χ1v) is 8.95. The molecular weight excluding hydrogens is 320 g/mol. The lowest BCUT2D eigenvalue weighted by molar-refractivity contribution is 0.00639. The summed E-state index contributed by atoms with van der Waals surface area (Å²) < 4.78 is 16.6. The Balaban J connectivity index is 1.46. The second-order valence-electron chi connectivity index (χ2n) is 6.93. The van der Waals surface area contributed by atoms with Crippen LogP contribution in [0.3, 0.4) is 0 Å². The predicted octanol–water partition coefficient (Wildman–Crippen LogP) is 2.65. The standard InChI is InChI=1S/C19H24N2O4/c1-21(6-5-15-4-2-3-7-23-15)11-14-8-13-9-17-18(25-12-24-17)10-16(13)20-19(14)22/h8-10,15H,2-7,11-12H2,1H3,(H,20,22). The van der Waals surface area contributed by atoms with Crippen LogP contribution in [0.25, 0.3) is 10.9 Å². The molecule has 0 aliphatic carbocycles. The summed E-state index contributed by atoms with van der Waals surface area (Å²) in [6.07, 6.45) is 4.97. The van der Waals surface area contributed by atoms with Crippen LogP contribution in [0.5, 0.6) is 11.5 Å². The summed E-state index contributed by atoms with van der Waals surface area (Å²) in [6.45, 7) is 2.65. The van der Waals surface area contributed by atoms with E-state index in [-0.39, 0.29) is 12.4 Å². The summed E-state index contributed by atoms with van der Waals surface area (Å²) in [5, 5.41) is 0.961. The third kappa shape index (κ3) is 3.65. The molecule has 6 nitrogen and oxygen atoms in total. The molecule has 0 spiro atoms. The molecule has 1 saturated heterocycles. The highest BCUT2D eigenvalue weighted by Crippen LogP contribution is 2.35. The molecule has 0 radical (unpaired) electrons. The maximum absolute atomic E-state index is 12.4. The van der Waals surface area contributed by atoms with Gasteiger partial charge in [0, 0.05) is 36.7 Å². The van der Waals surface area contributed by atoms with Gasteiger partial charge in [0.2, 0.25) is 6.79 Å². The summed E-state index contributed by atoms with van der Waals surface area (Å²) in [4.78, 5) is 17.5. The Kier molecular flexibility index (Phi) is 4.63. The van der Waals surface area contributed by atoms with E-state index in [1.54, 1.807) is 0 Å². The lowest BCUT2D eigenvalue weighted by Crippen LogP contribution is -2.28. The first-order valence-electron chi connectivity index (χ1n) is 8.95. The Bertz CT molecular complexity index is 811. The van der Waals surface area contributed by atoms with Crippen LogP contribution in [0.2, 0.25) is 0 Å². The van der Waals surface area contributed by atoms with Crippen molar-refractivity contribution in [2.45, 2.75) is 38.3 Å². The van der Waals surface area contributed by atoms with Crippen LogP contribution >= 0.6 is 0 Å². The summed E-state index contributed by atoms with van der Waals surface area (Å²) in [6, 6.07) is 5.70. The van der Waals surface area contributed by atoms with E-state index in [2.05, 4.69) is 9.88 Å². The van der Waals surface area contributed by atoms with Crippen LogP contribution in [-0.2, 0) is 11.3 Å². The van der Waals surface area contributed by atoms with Crippen molar-refractivity contribution in [3.05, 3.63) is 34.1 Å². The number of H-pyrrole nitrogens is 1. The second kappa shape index (κ2) is 7.06. The molecule has 1 aromatic carbocycles. The Morgan fingerprint density at radius 3 is 2.84 bits per heavy atom. The van der Waals surface area contributed by atoms with Gasteiger partial charge < -0.3 is 24.1 Å². The molecule has 1 unspecified atom stereocenters. The lowest BCUT2D eigenvalue weighted by Gasteiger charge is -2.25. The van der Waals surface area contributed by atoms with E-state index in [1.165, 1.54) is 12.8 Å². The van der Waals surface area contributed by atoms with Crippen molar-refractivity contribution in [3.63, 3.8) is 0 Å². The zero-order valence-corrected chi connectivity index (χ0v) is 14.5. The van der Waals surface area contributed by atoms with E-state index >= 15 is 0 Å². The molecule has 0 amide bonds. The lowest BCUT2D eigenvalue weighted by atomic mass is 10.1. The predicted molar refractivity (Wildman–Crippen MR) is 95.2 cm³/mol. The molecule has 1 aromatic heterocycles. The maximum atomic E-state index is 12.4. The maximum Gasteiger partial charge on any atom is 0.252 e. The number of nitrogens with one attached hydrogen (secondary N) is 1. The van der Waals surface area contributed by atoms with Gasteiger partial charge in [-0.2, -0.15) is 0 Å². The Morgan fingerprint density at radius 1 is 1.20 bits per heavy atom.